The zero-order chi connectivity index (χ0) is 12.4. The number of likely N-dealkylation sites (tertiary alicyclic amines) is 1. The van der Waals surface area contributed by atoms with E-state index in [4.69, 9.17) is 0 Å². The van der Waals surface area contributed by atoms with Crippen molar-refractivity contribution >= 4 is 5.91 Å². The molecule has 0 unspecified atom stereocenters. The topological polar surface area (TPSA) is 20.3 Å². The summed E-state index contributed by atoms with van der Waals surface area (Å²) in [4.78, 5) is 13.5. The molecule has 1 saturated heterocycles. The largest absolute Gasteiger partial charge is 0.338 e. The zero-order valence-electron chi connectivity index (χ0n) is 9.38. The molecule has 0 N–H and O–H groups in total. The Hall–Kier alpha value is -1.71. The minimum absolute atomic E-state index is 0.197. The minimum Gasteiger partial charge on any atom is -0.338 e. The molecule has 90 valence electrons. The molecule has 0 radical (unpaired) electrons. The van der Waals surface area contributed by atoms with Crippen LogP contribution >= 0.6 is 0 Å². The van der Waals surface area contributed by atoms with E-state index in [1.807, 2.05) is 0 Å². The van der Waals surface area contributed by atoms with Gasteiger partial charge in [-0.15, -0.1) is 0 Å². The van der Waals surface area contributed by atoms with Gasteiger partial charge in [0.15, 0.2) is 11.6 Å². The van der Waals surface area contributed by atoms with Gasteiger partial charge < -0.3 is 4.90 Å². The van der Waals surface area contributed by atoms with Crippen molar-refractivity contribution in [2.75, 3.05) is 13.1 Å². The van der Waals surface area contributed by atoms with Gasteiger partial charge >= 0.3 is 0 Å². The molecule has 2 rings (SSSR count). The monoisotopic (exact) mass is 237 g/mol. The van der Waals surface area contributed by atoms with E-state index in [2.05, 4.69) is 6.58 Å². The Morgan fingerprint density at radius 2 is 1.88 bits per heavy atom. The Morgan fingerprint density at radius 1 is 1.24 bits per heavy atom. The van der Waals surface area contributed by atoms with Gasteiger partial charge in [0.25, 0.3) is 5.91 Å². The quantitative estimate of drug-likeness (QED) is 0.688. The normalized spacial score (nSPS) is 16.1. The number of benzene rings is 1. The van der Waals surface area contributed by atoms with E-state index < -0.39 is 17.5 Å². The molecule has 1 heterocycles. The second-order valence-electron chi connectivity index (χ2n) is 4.14. The van der Waals surface area contributed by atoms with Crippen LogP contribution in [-0.2, 0) is 0 Å². The number of carbonyl (C=O) groups is 1. The third-order valence-electron chi connectivity index (χ3n) is 2.94. The summed E-state index contributed by atoms with van der Waals surface area (Å²) in [5.41, 5.74) is 0.895. The van der Waals surface area contributed by atoms with E-state index in [-0.39, 0.29) is 5.56 Å². The van der Waals surface area contributed by atoms with E-state index >= 15 is 0 Å². The van der Waals surface area contributed by atoms with Gasteiger partial charge in [0.2, 0.25) is 0 Å². The van der Waals surface area contributed by atoms with Gasteiger partial charge in [-0.05, 0) is 25.0 Å². The molecule has 0 saturated carbocycles. The lowest BCUT2D eigenvalue weighted by Crippen LogP contribution is -2.36. The van der Waals surface area contributed by atoms with Gasteiger partial charge in [0.05, 0.1) is 5.56 Å². The van der Waals surface area contributed by atoms with Crippen LogP contribution in [-0.4, -0.2) is 23.9 Å². The molecule has 1 aliphatic heterocycles. The average molecular weight is 237 g/mol. The van der Waals surface area contributed by atoms with E-state index in [1.165, 1.54) is 17.0 Å². The standard InChI is InChI=1S/C13H13F2NO/c1-9-5-7-16(8-6-9)13(17)10-3-2-4-11(14)12(10)15/h2-4H,1,5-8H2. The van der Waals surface area contributed by atoms with Gasteiger partial charge in [-0.2, -0.15) is 0 Å². The van der Waals surface area contributed by atoms with Crippen LogP contribution in [0.1, 0.15) is 23.2 Å². The van der Waals surface area contributed by atoms with Crippen LogP contribution in [0.4, 0.5) is 8.78 Å². The van der Waals surface area contributed by atoms with Crippen molar-refractivity contribution in [2.24, 2.45) is 0 Å². The second kappa shape index (κ2) is 4.65. The minimum atomic E-state index is -1.07. The summed E-state index contributed by atoms with van der Waals surface area (Å²) in [5.74, 6) is -2.51. The maximum atomic E-state index is 13.4. The molecule has 0 aromatic heterocycles. The first-order valence-corrected chi connectivity index (χ1v) is 5.49. The number of piperidine rings is 1. The lowest BCUT2D eigenvalue weighted by atomic mass is 10.0. The van der Waals surface area contributed by atoms with Crippen molar-refractivity contribution < 1.29 is 13.6 Å². The van der Waals surface area contributed by atoms with Crippen molar-refractivity contribution in [3.63, 3.8) is 0 Å². The summed E-state index contributed by atoms with van der Waals surface area (Å²) in [6.45, 7) is 4.88. The molecular weight excluding hydrogens is 224 g/mol. The van der Waals surface area contributed by atoms with E-state index in [0.29, 0.717) is 13.1 Å². The molecule has 1 aromatic rings. The first-order valence-electron chi connectivity index (χ1n) is 5.49. The van der Waals surface area contributed by atoms with Crippen LogP contribution < -0.4 is 0 Å². The molecule has 0 spiro atoms. The van der Waals surface area contributed by atoms with Gasteiger partial charge in [-0.3, -0.25) is 4.79 Å². The fourth-order valence-electron chi connectivity index (χ4n) is 1.87. The Balaban J connectivity index is 2.20. The Bertz CT molecular complexity index is 460. The van der Waals surface area contributed by atoms with Crippen LogP contribution in [0.3, 0.4) is 0 Å². The highest BCUT2D eigenvalue weighted by atomic mass is 19.2. The zero-order valence-corrected chi connectivity index (χ0v) is 9.38. The summed E-state index contributed by atoms with van der Waals surface area (Å²) in [6.07, 6.45) is 1.45. The second-order valence-corrected chi connectivity index (χ2v) is 4.14. The molecule has 1 aromatic carbocycles. The van der Waals surface area contributed by atoms with Crippen LogP contribution in [0.2, 0.25) is 0 Å². The lowest BCUT2D eigenvalue weighted by molar-refractivity contribution is 0.0738. The highest BCUT2D eigenvalue weighted by molar-refractivity contribution is 5.94. The maximum Gasteiger partial charge on any atom is 0.256 e. The maximum absolute atomic E-state index is 13.4. The molecular formula is C13H13F2NO. The molecule has 1 fully saturated rings. The van der Waals surface area contributed by atoms with E-state index in [1.54, 1.807) is 0 Å². The van der Waals surface area contributed by atoms with Gasteiger partial charge in [0.1, 0.15) is 0 Å². The highest BCUT2D eigenvalue weighted by Crippen LogP contribution is 2.19. The summed E-state index contributed by atoms with van der Waals surface area (Å²) < 4.78 is 26.5. The number of carbonyl (C=O) groups excluding carboxylic acids is 1. The van der Waals surface area contributed by atoms with Crippen LogP contribution in [0, 0.1) is 11.6 Å². The molecule has 0 bridgehead atoms. The Morgan fingerprint density at radius 3 is 2.53 bits per heavy atom. The molecule has 17 heavy (non-hydrogen) atoms. The van der Waals surface area contributed by atoms with Crippen LogP contribution in [0.25, 0.3) is 0 Å². The highest BCUT2D eigenvalue weighted by Gasteiger charge is 2.23. The molecule has 1 amide bonds. The Labute approximate surface area is 98.5 Å². The van der Waals surface area contributed by atoms with Gasteiger partial charge in [-0.1, -0.05) is 18.2 Å². The fourth-order valence-corrected chi connectivity index (χ4v) is 1.87. The molecule has 0 aliphatic carbocycles. The average Bonchev–Trinajstić information content (AvgIpc) is 2.33. The van der Waals surface area contributed by atoms with E-state index in [9.17, 15) is 13.6 Å². The van der Waals surface area contributed by atoms with Crippen molar-refractivity contribution in [3.8, 4) is 0 Å². The number of rotatable bonds is 1. The van der Waals surface area contributed by atoms with E-state index in [0.717, 1.165) is 24.5 Å². The predicted molar refractivity (Wildman–Crippen MR) is 60.6 cm³/mol. The number of nitrogens with zero attached hydrogens (tertiary/aromatic N) is 1. The van der Waals surface area contributed by atoms with Crippen molar-refractivity contribution in [3.05, 3.63) is 47.5 Å². The fraction of sp³-hybridized carbons (Fsp3) is 0.308. The number of hydrogen-bond acceptors (Lipinski definition) is 1. The van der Waals surface area contributed by atoms with Crippen molar-refractivity contribution in [1.82, 2.24) is 4.90 Å². The number of halogens is 2. The number of amides is 1. The lowest BCUT2D eigenvalue weighted by Gasteiger charge is -2.28. The van der Waals surface area contributed by atoms with Gasteiger partial charge in [-0.25, -0.2) is 8.78 Å². The molecule has 0 atom stereocenters. The number of hydrogen-bond donors (Lipinski definition) is 0. The first-order chi connectivity index (χ1) is 8.09. The summed E-state index contributed by atoms with van der Waals surface area (Å²) in [5, 5.41) is 0. The van der Waals surface area contributed by atoms with Crippen LogP contribution in [0.5, 0.6) is 0 Å². The SMILES string of the molecule is C=C1CCN(C(=O)c2cccc(F)c2F)CC1. The van der Waals surface area contributed by atoms with Crippen LogP contribution in [0.15, 0.2) is 30.4 Å². The van der Waals surface area contributed by atoms with Crippen molar-refractivity contribution in [2.45, 2.75) is 12.8 Å². The molecule has 2 nitrogen and oxygen atoms in total. The predicted octanol–water partition coefficient (Wildman–Crippen LogP) is 2.76. The molecule has 4 heteroatoms. The Kier molecular flexibility index (Phi) is 3.22. The summed E-state index contributed by atoms with van der Waals surface area (Å²) in [7, 11) is 0. The summed E-state index contributed by atoms with van der Waals surface area (Å²) in [6, 6.07) is 3.66. The molecule has 1 aliphatic rings. The summed E-state index contributed by atoms with van der Waals surface area (Å²) >= 11 is 0. The third kappa shape index (κ3) is 2.35. The smallest absolute Gasteiger partial charge is 0.256 e. The first kappa shape index (κ1) is 11.8. The van der Waals surface area contributed by atoms with Gasteiger partial charge in [0, 0.05) is 13.1 Å². The third-order valence-corrected chi connectivity index (χ3v) is 2.94. The van der Waals surface area contributed by atoms with Crippen molar-refractivity contribution in [1.29, 1.82) is 0 Å².